The third kappa shape index (κ3) is 2.93. The van der Waals surface area contributed by atoms with Gasteiger partial charge in [0.1, 0.15) is 0 Å². The van der Waals surface area contributed by atoms with Crippen LogP contribution >= 0.6 is 0 Å². The second kappa shape index (κ2) is 3.94. The summed E-state index contributed by atoms with van der Waals surface area (Å²) in [5.74, 6) is 0. The molecule has 1 saturated heterocycles. The number of rotatable bonds is 2. The smallest absolute Gasteiger partial charge is 0.211 e. The maximum atomic E-state index is 11.2. The molecule has 1 fully saturated rings. The molecule has 1 heterocycles. The minimum Gasteiger partial charge on any atom is -0.468 e. The van der Waals surface area contributed by atoms with Crippen molar-refractivity contribution in [3.63, 3.8) is 0 Å². The van der Waals surface area contributed by atoms with Gasteiger partial charge in [-0.3, -0.25) is 0 Å². The molecule has 13 heavy (non-hydrogen) atoms. The van der Waals surface area contributed by atoms with Crippen LogP contribution in [0.3, 0.4) is 0 Å². The molecule has 78 valence electrons. The molecule has 1 N–H and O–H groups in total. The predicted octanol–water partition coefficient (Wildman–Crippen LogP) is -1.28. The van der Waals surface area contributed by atoms with E-state index in [1.807, 2.05) is 0 Å². The van der Waals surface area contributed by atoms with E-state index >= 15 is 0 Å². The zero-order valence-electron chi connectivity index (χ0n) is 8.28. The number of likely N-dealkylation sites (tertiary alicyclic amines) is 1. The molecule has 0 radical (unpaired) electrons. The molecule has 1 aliphatic heterocycles. The van der Waals surface area contributed by atoms with E-state index in [-0.39, 0.29) is 6.04 Å². The van der Waals surface area contributed by atoms with Crippen LogP contribution in [0.15, 0.2) is 0 Å². The molecule has 1 aliphatic rings. The van der Waals surface area contributed by atoms with E-state index in [2.05, 4.69) is 7.05 Å². The number of hydrogen-bond donors (Lipinski definition) is 1. The van der Waals surface area contributed by atoms with Crippen LogP contribution in [0.5, 0.6) is 0 Å². The SMILES string of the molecule is [CH2-][NH+]1CCC(N(C)S(C)(=O)=O)CC1. The summed E-state index contributed by atoms with van der Waals surface area (Å²) in [4.78, 5) is 1.25. The van der Waals surface area contributed by atoms with E-state index < -0.39 is 10.0 Å². The fourth-order valence-electron chi connectivity index (χ4n) is 1.65. The molecule has 0 saturated carbocycles. The van der Waals surface area contributed by atoms with E-state index in [0.29, 0.717) is 0 Å². The highest BCUT2D eigenvalue weighted by Gasteiger charge is 2.26. The maximum absolute atomic E-state index is 11.2. The Kier molecular flexibility index (Phi) is 3.32. The van der Waals surface area contributed by atoms with Crippen molar-refractivity contribution in [2.75, 3.05) is 26.4 Å². The normalized spacial score (nSPS) is 30.8. The lowest BCUT2D eigenvalue weighted by molar-refractivity contribution is -0.859. The first-order chi connectivity index (χ1) is 5.91. The van der Waals surface area contributed by atoms with Crippen molar-refractivity contribution >= 4 is 10.0 Å². The molecule has 0 spiro atoms. The van der Waals surface area contributed by atoms with Crippen molar-refractivity contribution in [2.24, 2.45) is 0 Å². The average molecular weight is 206 g/mol. The lowest BCUT2D eigenvalue weighted by Crippen LogP contribution is -3.08. The second-order valence-corrected chi connectivity index (χ2v) is 5.80. The first-order valence-electron chi connectivity index (χ1n) is 4.51. The number of nitrogens with zero attached hydrogens (tertiary/aromatic N) is 1. The summed E-state index contributed by atoms with van der Waals surface area (Å²) in [6, 6.07) is 0.181. The van der Waals surface area contributed by atoms with Gasteiger partial charge in [-0.15, -0.1) is 0 Å². The molecule has 0 aliphatic carbocycles. The summed E-state index contributed by atoms with van der Waals surface area (Å²) >= 11 is 0. The van der Waals surface area contributed by atoms with Crippen LogP contribution < -0.4 is 4.90 Å². The predicted molar refractivity (Wildman–Crippen MR) is 51.7 cm³/mol. The van der Waals surface area contributed by atoms with Crippen molar-refractivity contribution in [3.8, 4) is 0 Å². The first-order valence-corrected chi connectivity index (χ1v) is 6.36. The monoisotopic (exact) mass is 206 g/mol. The number of nitrogens with one attached hydrogen (secondary N) is 1. The van der Waals surface area contributed by atoms with E-state index in [0.717, 1.165) is 25.9 Å². The zero-order valence-corrected chi connectivity index (χ0v) is 9.10. The van der Waals surface area contributed by atoms with Crippen molar-refractivity contribution in [2.45, 2.75) is 18.9 Å². The van der Waals surface area contributed by atoms with Gasteiger partial charge >= 0.3 is 0 Å². The summed E-state index contributed by atoms with van der Waals surface area (Å²) in [6.07, 6.45) is 3.10. The third-order valence-electron chi connectivity index (χ3n) is 2.70. The summed E-state index contributed by atoms with van der Waals surface area (Å²) in [5.41, 5.74) is 0. The van der Waals surface area contributed by atoms with Crippen LogP contribution in [0.4, 0.5) is 0 Å². The number of quaternary nitrogens is 1. The molecule has 1 rings (SSSR count). The highest BCUT2D eigenvalue weighted by atomic mass is 32.2. The Morgan fingerprint density at radius 3 is 2.23 bits per heavy atom. The Balaban J connectivity index is 2.55. The maximum Gasteiger partial charge on any atom is 0.211 e. The summed E-state index contributed by atoms with van der Waals surface area (Å²) < 4.78 is 23.9. The summed E-state index contributed by atoms with van der Waals surface area (Å²) in [6.45, 7) is 1.93. The molecule has 5 heteroatoms. The van der Waals surface area contributed by atoms with Crippen LogP contribution in [0, 0.1) is 7.05 Å². The van der Waals surface area contributed by atoms with E-state index in [1.165, 1.54) is 15.5 Å². The quantitative estimate of drug-likeness (QED) is 0.572. The lowest BCUT2D eigenvalue weighted by Gasteiger charge is -2.34. The second-order valence-electron chi connectivity index (χ2n) is 3.76. The van der Waals surface area contributed by atoms with Crippen LogP contribution in [0.2, 0.25) is 0 Å². The molecule has 0 aromatic heterocycles. The largest absolute Gasteiger partial charge is 0.468 e. The molecule has 0 aromatic rings. The topological polar surface area (TPSA) is 41.8 Å². The van der Waals surface area contributed by atoms with Crippen LogP contribution in [0.1, 0.15) is 12.8 Å². The van der Waals surface area contributed by atoms with Gasteiger partial charge in [-0.25, -0.2) is 12.7 Å². The molecule has 0 aromatic carbocycles. The van der Waals surface area contributed by atoms with Gasteiger partial charge in [-0.1, -0.05) is 0 Å². The van der Waals surface area contributed by atoms with Gasteiger partial charge in [0.25, 0.3) is 0 Å². The van der Waals surface area contributed by atoms with Crippen LogP contribution in [-0.2, 0) is 10.0 Å². The molecule has 4 nitrogen and oxygen atoms in total. The van der Waals surface area contributed by atoms with Crippen LogP contribution in [-0.4, -0.2) is 45.2 Å². The average Bonchev–Trinajstić information content (AvgIpc) is 2.03. The Bertz CT molecular complexity index is 255. The Labute approximate surface area is 80.6 Å². The molecule has 0 amide bonds. The minimum absolute atomic E-state index is 0.181. The Morgan fingerprint density at radius 1 is 1.38 bits per heavy atom. The van der Waals surface area contributed by atoms with E-state index in [4.69, 9.17) is 0 Å². The number of piperidine rings is 1. The van der Waals surface area contributed by atoms with Crippen molar-refractivity contribution in [1.82, 2.24) is 4.31 Å². The molecular formula is C8H18N2O2S. The van der Waals surface area contributed by atoms with Crippen molar-refractivity contribution in [1.29, 1.82) is 0 Å². The lowest BCUT2D eigenvalue weighted by atomic mass is 10.1. The Morgan fingerprint density at radius 2 is 1.85 bits per heavy atom. The molecule has 0 bridgehead atoms. The van der Waals surface area contributed by atoms with Gasteiger partial charge in [-0.05, 0) is 0 Å². The fraction of sp³-hybridized carbons (Fsp3) is 0.875. The standard InChI is InChI=1S/C8H18N2O2S/c1-9-6-4-8(5-7-9)10(2)13(3,11)12/h8-9H,1,4-7H2,2-3H3. The van der Waals surface area contributed by atoms with Crippen molar-refractivity contribution < 1.29 is 13.3 Å². The molecular weight excluding hydrogens is 188 g/mol. The van der Waals surface area contributed by atoms with Gasteiger partial charge in [0.2, 0.25) is 10.0 Å². The van der Waals surface area contributed by atoms with Crippen molar-refractivity contribution in [3.05, 3.63) is 7.05 Å². The van der Waals surface area contributed by atoms with Gasteiger partial charge in [0, 0.05) is 25.9 Å². The minimum atomic E-state index is -3.02. The third-order valence-corrected chi connectivity index (χ3v) is 4.04. The number of sulfonamides is 1. The summed E-state index contributed by atoms with van der Waals surface area (Å²) in [7, 11) is 2.55. The number of hydrogen-bond acceptors (Lipinski definition) is 2. The van der Waals surface area contributed by atoms with Gasteiger partial charge < -0.3 is 4.90 Å². The van der Waals surface area contributed by atoms with Crippen LogP contribution in [0.25, 0.3) is 0 Å². The van der Waals surface area contributed by atoms with Gasteiger partial charge in [0.15, 0.2) is 0 Å². The highest BCUT2D eigenvalue weighted by molar-refractivity contribution is 7.88. The van der Waals surface area contributed by atoms with Gasteiger partial charge in [-0.2, -0.15) is 7.05 Å². The van der Waals surface area contributed by atoms with E-state index in [9.17, 15) is 8.42 Å². The Hall–Kier alpha value is -0.130. The molecule has 0 atom stereocenters. The highest BCUT2D eigenvalue weighted by Crippen LogP contribution is 2.10. The fourth-order valence-corrected chi connectivity index (χ4v) is 2.40. The zero-order chi connectivity index (χ0) is 10.1. The first kappa shape index (κ1) is 10.9. The van der Waals surface area contributed by atoms with Gasteiger partial charge in [0.05, 0.1) is 19.3 Å². The van der Waals surface area contributed by atoms with E-state index in [1.54, 1.807) is 7.05 Å². The summed E-state index contributed by atoms with van der Waals surface area (Å²) in [5, 5.41) is 0. The molecule has 0 unspecified atom stereocenters.